The Labute approximate surface area is 97.2 Å². The molecule has 0 aliphatic heterocycles. The van der Waals surface area contributed by atoms with Crippen molar-refractivity contribution in [2.75, 3.05) is 0 Å². The van der Waals surface area contributed by atoms with Gasteiger partial charge in [0.25, 0.3) is 0 Å². The third-order valence-electron chi connectivity index (χ3n) is 2.73. The van der Waals surface area contributed by atoms with E-state index in [1.807, 2.05) is 6.21 Å². The van der Waals surface area contributed by atoms with Crippen molar-refractivity contribution >= 4 is 6.21 Å². The number of allylic oxidation sites excluding steroid dienone is 3. The van der Waals surface area contributed by atoms with E-state index < -0.39 is 0 Å². The highest BCUT2D eigenvalue weighted by Crippen LogP contribution is 2.16. The highest BCUT2D eigenvalue weighted by atomic mass is 14.7. The first-order chi connectivity index (χ1) is 7.74. The Morgan fingerprint density at radius 2 is 2.00 bits per heavy atom. The van der Waals surface area contributed by atoms with Crippen molar-refractivity contribution in [3.8, 4) is 0 Å². The topological polar surface area (TPSA) is 12.4 Å². The van der Waals surface area contributed by atoms with Crippen LogP contribution in [0.4, 0.5) is 0 Å². The molecule has 1 aliphatic carbocycles. The van der Waals surface area contributed by atoms with Gasteiger partial charge in [-0.3, -0.25) is 4.99 Å². The van der Waals surface area contributed by atoms with E-state index >= 15 is 0 Å². The first-order valence-corrected chi connectivity index (χ1v) is 5.73. The zero-order chi connectivity index (χ0) is 11.4. The van der Waals surface area contributed by atoms with Gasteiger partial charge in [-0.2, -0.15) is 0 Å². The molecule has 82 valence electrons. The summed E-state index contributed by atoms with van der Waals surface area (Å²) in [4.78, 5) is 4.47. The predicted octanol–water partition coefficient (Wildman–Crippen LogP) is 3.89. The molecule has 1 heteroatoms. The molecule has 0 aromatic heterocycles. The molecule has 0 saturated carbocycles. The van der Waals surface area contributed by atoms with Gasteiger partial charge < -0.3 is 0 Å². The van der Waals surface area contributed by atoms with Crippen LogP contribution < -0.4 is 0 Å². The molecule has 0 radical (unpaired) electrons. The van der Waals surface area contributed by atoms with Crippen molar-refractivity contribution in [3.05, 3.63) is 59.3 Å². The normalized spacial score (nSPS) is 20.1. The molecule has 1 atom stereocenters. The second-order valence-corrected chi connectivity index (χ2v) is 4.37. The number of nitrogens with zero attached hydrogens (tertiary/aromatic N) is 1. The SMILES string of the molecule is Cc1ccc(/C=N/C2=CCC(C)C=C2)cc1. The summed E-state index contributed by atoms with van der Waals surface area (Å²) in [5, 5.41) is 0. The molecule has 0 fully saturated rings. The summed E-state index contributed by atoms with van der Waals surface area (Å²) in [6.45, 7) is 4.31. The van der Waals surface area contributed by atoms with Crippen LogP contribution in [0.15, 0.2) is 53.2 Å². The highest BCUT2D eigenvalue weighted by Gasteiger charge is 2.01. The lowest BCUT2D eigenvalue weighted by Gasteiger charge is -2.07. The van der Waals surface area contributed by atoms with E-state index in [-0.39, 0.29) is 0 Å². The fourth-order valence-corrected chi connectivity index (χ4v) is 1.61. The van der Waals surface area contributed by atoms with Crippen LogP contribution in [-0.4, -0.2) is 6.21 Å². The lowest BCUT2D eigenvalue weighted by Crippen LogP contribution is -1.93. The van der Waals surface area contributed by atoms with E-state index in [2.05, 4.69) is 61.3 Å². The quantitative estimate of drug-likeness (QED) is 0.658. The standard InChI is InChI=1S/C15H17N/c1-12-3-7-14(8-4-12)11-16-15-9-5-13(2)6-10-15/h3-5,7-11,13H,6H2,1-2H3/b16-11+. The summed E-state index contributed by atoms with van der Waals surface area (Å²) >= 11 is 0. The number of hydrogen-bond donors (Lipinski definition) is 0. The number of aliphatic imine (C=N–C) groups is 1. The van der Waals surface area contributed by atoms with E-state index in [0.29, 0.717) is 5.92 Å². The maximum atomic E-state index is 4.47. The Balaban J connectivity index is 2.05. The molecule has 0 heterocycles. The molecule has 1 aromatic carbocycles. The minimum Gasteiger partial charge on any atom is -0.257 e. The average molecular weight is 211 g/mol. The molecule has 1 aromatic rings. The van der Waals surface area contributed by atoms with Crippen molar-refractivity contribution in [1.82, 2.24) is 0 Å². The van der Waals surface area contributed by atoms with Crippen molar-refractivity contribution in [2.45, 2.75) is 20.3 Å². The van der Waals surface area contributed by atoms with Gasteiger partial charge in [0, 0.05) is 6.21 Å². The monoisotopic (exact) mass is 211 g/mol. The van der Waals surface area contributed by atoms with Gasteiger partial charge in [-0.25, -0.2) is 0 Å². The predicted molar refractivity (Wildman–Crippen MR) is 69.8 cm³/mol. The van der Waals surface area contributed by atoms with Gasteiger partial charge >= 0.3 is 0 Å². The molecule has 0 bridgehead atoms. The summed E-state index contributed by atoms with van der Waals surface area (Å²) in [5.74, 6) is 0.651. The molecule has 16 heavy (non-hydrogen) atoms. The lowest BCUT2D eigenvalue weighted by molar-refractivity contribution is 0.730. The Bertz CT molecular complexity index is 435. The summed E-state index contributed by atoms with van der Waals surface area (Å²) in [6.07, 6.45) is 9.51. The molecule has 0 spiro atoms. The zero-order valence-corrected chi connectivity index (χ0v) is 9.85. The summed E-state index contributed by atoms with van der Waals surface area (Å²) in [6, 6.07) is 8.39. The maximum Gasteiger partial charge on any atom is 0.0587 e. The molecule has 0 N–H and O–H groups in total. The van der Waals surface area contributed by atoms with Gasteiger partial charge in [-0.1, -0.05) is 48.9 Å². The molecular weight excluding hydrogens is 194 g/mol. The summed E-state index contributed by atoms with van der Waals surface area (Å²) in [5.41, 5.74) is 3.50. The van der Waals surface area contributed by atoms with Crippen LogP contribution in [0.3, 0.4) is 0 Å². The molecule has 2 rings (SSSR count). The Morgan fingerprint density at radius 3 is 2.62 bits per heavy atom. The molecule has 1 unspecified atom stereocenters. The van der Waals surface area contributed by atoms with Crippen molar-refractivity contribution in [2.24, 2.45) is 10.9 Å². The number of rotatable bonds is 2. The summed E-state index contributed by atoms with van der Waals surface area (Å²) in [7, 11) is 0. The second kappa shape index (κ2) is 4.93. The zero-order valence-electron chi connectivity index (χ0n) is 9.85. The van der Waals surface area contributed by atoms with Crippen molar-refractivity contribution in [1.29, 1.82) is 0 Å². The van der Waals surface area contributed by atoms with Crippen molar-refractivity contribution in [3.63, 3.8) is 0 Å². The lowest BCUT2D eigenvalue weighted by atomic mass is 10.0. The van der Waals surface area contributed by atoms with Crippen LogP contribution in [0.2, 0.25) is 0 Å². The first-order valence-electron chi connectivity index (χ1n) is 5.73. The van der Waals surface area contributed by atoms with Gasteiger partial charge in [0.05, 0.1) is 5.70 Å². The van der Waals surface area contributed by atoms with E-state index in [1.165, 1.54) is 5.56 Å². The largest absolute Gasteiger partial charge is 0.257 e. The fraction of sp³-hybridized carbons (Fsp3) is 0.267. The molecule has 0 saturated heterocycles. The highest BCUT2D eigenvalue weighted by molar-refractivity contribution is 5.80. The minimum atomic E-state index is 0.651. The van der Waals surface area contributed by atoms with Crippen LogP contribution in [-0.2, 0) is 0 Å². The third-order valence-corrected chi connectivity index (χ3v) is 2.73. The average Bonchev–Trinajstić information content (AvgIpc) is 2.30. The number of hydrogen-bond acceptors (Lipinski definition) is 1. The smallest absolute Gasteiger partial charge is 0.0587 e. The van der Waals surface area contributed by atoms with E-state index in [4.69, 9.17) is 0 Å². The van der Waals surface area contributed by atoms with Crippen LogP contribution in [0.25, 0.3) is 0 Å². The van der Waals surface area contributed by atoms with Crippen LogP contribution >= 0.6 is 0 Å². The third kappa shape index (κ3) is 2.93. The number of benzene rings is 1. The molecule has 1 aliphatic rings. The number of aryl methyl sites for hydroxylation is 1. The van der Waals surface area contributed by atoms with Gasteiger partial charge in [0.1, 0.15) is 0 Å². The molecular formula is C15H17N. The van der Waals surface area contributed by atoms with Gasteiger partial charge in [0.2, 0.25) is 0 Å². The Hall–Kier alpha value is -1.63. The molecule has 0 amide bonds. The second-order valence-electron chi connectivity index (χ2n) is 4.37. The van der Waals surface area contributed by atoms with Crippen molar-refractivity contribution < 1.29 is 0 Å². The minimum absolute atomic E-state index is 0.651. The van der Waals surface area contributed by atoms with E-state index in [9.17, 15) is 0 Å². The maximum absolute atomic E-state index is 4.47. The van der Waals surface area contributed by atoms with Crippen LogP contribution in [0, 0.1) is 12.8 Å². The van der Waals surface area contributed by atoms with E-state index in [1.54, 1.807) is 0 Å². The van der Waals surface area contributed by atoms with Gasteiger partial charge in [0.15, 0.2) is 0 Å². The van der Waals surface area contributed by atoms with Crippen LogP contribution in [0.1, 0.15) is 24.5 Å². The fourth-order valence-electron chi connectivity index (χ4n) is 1.61. The molecule has 1 nitrogen and oxygen atoms in total. The van der Waals surface area contributed by atoms with E-state index in [0.717, 1.165) is 17.7 Å². The van der Waals surface area contributed by atoms with Crippen LogP contribution in [0.5, 0.6) is 0 Å². The Morgan fingerprint density at radius 1 is 1.25 bits per heavy atom. The Kier molecular flexibility index (Phi) is 3.35. The first kappa shape index (κ1) is 10.9. The van der Waals surface area contributed by atoms with Gasteiger partial charge in [-0.05, 0) is 30.9 Å². The van der Waals surface area contributed by atoms with Gasteiger partial charge in [-0.15, -0.1) is 0 Å². The summed E-state index contributed by atoms with van der Waals surface area (Å²) < 4.78 is 0.